The van der Waals surface area contributed by atoms with Crippen molar-refractivity contribution in [1.29, 1.82) is 0 Å². The smallest absolute Gasteiger partial charge is 0.336 e. The van der Waals surface area contributed by atoms with Gasteiger partial charge in [0.15, 0.2) is 17.3 Å². The molecule has 3 aromatic rings. The highest BCUT2D eigenvalue weighted by Gasteiger charge is 2.43. The molecule has 0 bridgehead atoms. The lowest BCUT2D eigenvalue weighted by Gasteiger charge is -2.30. The summed E-state index contributed by atoms with van der Waals surface area (Å²) in [4.78, 5) is 37.5. The summed E-state index contributed by atoms with van der Waals surface area (Å²) in [5.41, 5.74) is 4.54. The van der Waals surface area contributed by atoms with Gasteiger partial charge in [-0.3, -0.25) is 14.9 Å². The van der Waals surface area contributed by atoms with E-state index in [9.17, 15) is 19.7 Å². The van der Waals surface area contributed by atoms with Crippen molar-refractivity contribution in [2.24, 2.45) is 0 Å². The summed E-state index contributed by atoms with van der Waals surface area (Å²) in [7, 11) is 1.31. The van der Waals surface area contributed by atoms with Crippen LogP contribution in [-0.2, 0) is 16.1 Å². The monoisotopic (exact) mass is 604 g/mol. The van der Waals surface area contributed by atoms with E-state index in [1.807, 2.05) is 25.1 Å². The van der Waals surface area contributed by atoms with Crippen LogP contribution in [0.1, 0.15) is 46.8 Å². The van der Waals surface area contributed by atoms with Gasteiger partial charge in [-0.2, -0.15) is 0 Å². The number of carbonyl (C=O) groups is 2. The topological polar surface area (TPSA) is 117 Å². The first-order valence-corrected chi connectivity index (χ1v) is 13.3. The van der Waals surface area contributed by atoms with Gasteiger partial charge in [-0.15, -0.1) is 0 Å². The third kappa shape index (κ3) is 4.75. The van der Waals surface area contributed by atoms with Crippen molar-refractivity contribution in [3.8, 4) is 11.5 Å². The Morgan fingerprint density at radius 1 is 1.05 bits per heavy atom. The molecule has 40 heavy (non-hydrogen) atoms. The number of nitro benzene ring substituents is 1. The molecule has 1 aliphatic heterocycles. The van der Waals surface area contributed by atoms with Crippen LogP contribution in [0.15, 0.2) is 82.0 Å². The molecule has 1 atom stereocenters. The minimum absolute atomic E-state index is 0.0302. The number of ether oxygens (including phenoxy) is 3. The Balaban J connectivity index is 1.59. The first kappa shape index (κ1) is 27.1. The fourth-order valence-electron chi connectivity index (χ4n) is 5.09. The predicted octanol–water partition coefficient (Wildman–Crippen LogP) is 6.08. The molecule has 0 amide bonds. The molecule has 0 unspecified atom stereocenters. The third-order valence-electron chi connectivity index (χ3n) is 6.84. The first-order chi connectivity index (χ1) is 19.2. The van der Waals surface area contributed by atoms with Gasteiger partial charge in [0.05, 0.1) is 35.8 Å². The van der Waals surface area contributed by atoms with Gasteiger partial charge in [-0.1, -0.05) is 52.3 Å². The SMILES string of the molecule is CCOc1cc([C@@H]2C(C(=O)OC)=C(C)NC3=C2C(=O)c2ccccc23)c(Br)cc1OCc1cccc([N+](=O)[O-])c1. The number of rotatable bonds is 8. The van der Waals surface area contributed by atoms with E-state index in [0.717, 1.165) is 5.56 Å². The number of halogens is 1. The van der Waals surface area contributed by atoms with Crippen molar-refractivity contribution in [2.75, 3.05) is 13.7 Å². The number of fused-ring (bicyclic) bond motifs is 2. The summed E-state index contributed by atoms with van der Waals surface area (Å²) in [6, 6.07) is 17.0. The summed E-state index contributed by atoms with van der Waals surface area (Å²) < 4.78 is 17.7. The maximum atomic E-state index is 13.7. The quantitative estimate of drug-likeness (QED) is 0.187. The van der Waals surface area contributed by atoms with Crippen molar-refractivity contribution in [3.63, 3.8) is 0 Å². The number of non-ortho nitro benzene ring substituents is 1. The lowest BCUT2D eigenvalue weighted by molar-refractivity contribution is -0.384. The number of hydrogen-bond donors (Lipinski definition) is 1. The number of dihydropyridines is 1. The van der Waals surface area contributed by atoms with Crippen molar-refractivity contribution in [1.82, 2.24) is 5.32 Å². The molecular weight excluding hydrogens is 580 g/mol. The number of hydrogen-bond acceptors (Lipinski definition) is 8. The Labute approximate surface area is 238 Å². The van der Waals surface area contributed by atoms with Crippen molar-refractivity contribution in [3.05, 3.63) is 114 Å². The molecule has 0 saturated heterocycles. The number of benzene rings is 3. The van der Waals surface area contributed by atoms with E-state index in [-0.39, 0.29) is 18.1 Å². The number of ketones is 1. The highest BCUT2D eigenvalue weighted by Crippen LogP contribution is 2.50. The summed E-state index contributed by atoms with van der Waals surface area (Å²) in [5.74, 6) is -0.679. The Hall–Kier alpha value is -4.44. The molecule has 1 aliphatic carbocycles. The van der Waals surface area contributed by atoms with Crippen LogP contribution in [0.3, 0.4) is 0 Å². The number of allylic oxidation sites excluding steroid dienone is 2. The van der Waals surface area contributed by atoms with Crippen LogP contribution in [0.4, 0.5) is 5.69 Å². The summed E-state index contributed by atoms with van der Waals surface area (Å²) >= 11 is 3.64. The number of nitrogens with zero attached hydrogens (tertiary/aromatic N) is 1. The van der Waals surface area contributed by atoms with Crippen LogP contribution in [0, 0.1) is 10.1 Å². The molecule has 0 aromatic heterocycles. The van der Waals surface area contributed by atoms with Crippen LogP contribution in [0.2, 0.25) is 0 Å². The van der Waals surface area contributed by atoms with E-state index < -0.39 is 16.8 Å². The highest BCUT2D eigenvalue weighted by molar-refractivity contribution is 9.10. The highest BCUT2D eigenvalue weighted by atomic mass is 79.9. The van der Waals surface area contributed by atoms with Crippen LogP contribution < -0.4 is 14.8 Å². The molecule has 0 fully saturated rings. The van der Waals surface area contributed by atoms with E-state index in [1.165, 1.54) is 19.2 Å². The molecule has 0 radical (unpaired) electrons. The molecule has 3 aromatic carbocycles. The predicted molar refractivity (Wildman–Crippen MR) is 151 cm³/mol. The fraction of sp³-hybridized carbons (Fsp3) is 0.200. The van der Waals surface area contributed by atoms with E-state index in [0.29, 0.717) is 61.8 Å². The molecule has 0 spiro atoms. The van der Waals surface area contributed by atoms with Gasteiger partial charge >= 0.3 is 5.97 Å². The average molecular weight is 605 g/mol. The van der Waals surface area contributed by atoms with Gasteiger partial charge in [0.2, 0.25) is 0 Å². The zero-order chi connectivity index (χ0) is 28.6. The molecule has 1 N–H and O–H groups in total. The zero-order valence-corrected chi connectivity index (χ0v) is 23.5. The lowest BCUT2D eigenvalue weighted by Crippen LogP contribution is -2.29. The second kappa shape index (κ2) is 11.0. The number of methoxy groups -OCH3 is 1. The Bertz CT molecular complexity index is 1630. The minimum atomic E-state index is -0.747. The second-order valence-corrected chi connectivity index (χ2v) is 10.1. The van der Waals surface area contributed by atoms with Crippen molar-refractivity contribution < 1.29 is 28.7 Å². The third-order valence-corrected chi connectivity index (χ3v) is 7.53. The number of Topliss-reactive ketones (excluding diaryl/α,β-unsaturated/α-hetero) is 1. The summed E-state index contributed by atoms with van der Waals surface area (Å²) in [6.07, 6.45) is 0. The molecule has 5 rings (SSSR count). The van der Waals surface area contributed by atoms with Crippen molar-refractivity contribution in [2.45, 2.75) is 26.4 Å². The van der Waals surface area contributed by atoms with Crippen LogP contribution in [0.25, 0.3) is 5.70 Å². The lowest BCUT2D eigenvalue weighted by atomic mass is 9.79. The molecule has 9 nitrogen and oxygen atoms in total. The summed E-state index contributed by atoms with van der Waals surface area (Å²) in [6.45, 7) is 4.01. The van der Waals surface area contributed by atoms with E-state index in [4.69, 9.17) is 14.2 Å². The Morgan fingerprint density at radius 2 is 1.77 bits per heavy atom. The summed E-state index contributed by atoms with van der Waals surface area (Å²) in [5, 5.41) is 14.4. The Kier molecular flexibility index (Phi) is 7.44. The fourth-order valence-corrected chi connectivity index (χ4v) is 5.65. The number of nitro groups is 1. The largest absolute Gasteiger partial charge is 0.490 e. The maximum Gasteiger partial charge on any atom is 0.336 e. The average Bonchev–Trinajstić information content (AvgIpc) is 3.23. The second-order valence-electron chi connectivity index (χ2n) is 9.22. The van der Waals surface area contributed by atoms with Crippen LogP contribution >= 0.6 is 15.9 Å². The van der Waals surface area contributed by atoms with Crippen molar-refractivity contribution >= 4 is 39.1 Å². The van der Waals surface area contributed by atoms with E-state index in [1.54, 1.807) is 37.3 Å². The number of nitrogens with one attached hydrogen (secondary N) is 1. The Morgan fingerprint density at radius 3 is 2.48 bits per heavy atom. The standard InChI is InChI=1S/C30H25BrN2O7/c1-4-39-23-13-21(22(31)14-24(23)40-15-17-8-7-9-18(12-17)33(36)37)26-25(30(35)38-3)16(2)32-28-19-10-5-6-11-20(19)29(34)27(26)28/h5-14,26,32H,4,15H2,1-3H3/t26-/m1/s1. The maximum absolute atomic E-state index is 13.7. The first-order valence-electron chi connectivity index (χ1n) is 12.5. The van der Waals surface area contributed by atoms with Gasteiger partial charge < -0.3 is 19.5 Å². The molecular formula is C30H25BrN2O7. The molecule has 204 valence electrons. The van der Waals surface area contributed by atoms with Crippen LogP contribution in [-0.4, -0.2) is 30.4 Å². The van der Waals surface area contributed by atoms with Gasteiger partial charge in [0.1, 0.15) is 6.61 Å². The van der Waals surface area contributed by atoms with E-state index >= 15 is 0 Å². The van der Waals surface area contributed by atoms with Gasteiger partial charge in [0.25, 0.3) is 5.69 Å². The van der Waals surface area contributed by atoms with E-state index in [2.05, 4.69) is 21.2 Å². The molecule has 2 aliphatic rings. The number of carbonyl (C=O) groups excluding carboxylic acids is 2. The van der Waals surface area contributed by atoms with Gasteiger partial charge in [-0.05, 0) is 37.1 Å². The van der Waals surface area contributed by atoms with Crippen LogP contribution in [0.5, 0.6) is 11.5 Å². The molecule has 0 saturated carbocycles. The molecule has 1 heterocycles. The zero-order valence-electron chi connectivity index (χ0n) is 21.9. The normalized spacial score (nSPS) is 15.8. The van der Waals surface area contributed by atoms with Gasteiger partial charge in [-0.25, -0.2) is 4.79 Å². The van der Waals surface area contributed by atoms with Gasteiger partial charge in [0, 0.05) is 39.0 Å². The molecule has 10 heteroatoms. The number of esters is 1. The minimum Gasteiger partial charge on any atom is -0.490 e.